The molecule has 46 heavy (non-hydrogen) atoms. The van der Waals surface area contributed by atoms with Gasteiger partial charge in [-0.2, -0.15) is 0 Å². The highest BCUT2D eigenvalue weighted by Gasteiger charge is 2.65. The Kier molecular flexibility index (Phi) is 11.1. The van der Waals surface area contributed by atoms with Crippen LogP contribution in [0.1, 0.15) is 123 Å². The highest BCUT2D eigenvalue weighted by molar-refractivity contribution is 5.89. The van der Waals surface area contributed by atoms with E-state index in [1.165, 1.54) is 25.7 Å². The standard InChI is InChI=1S/C38H54O6.C2H6/c1-6-41-34(39)26(3)12-10-11-25(2)29-15-16-30-33-31(17-18-37(29,30)5)36(4)19-20-38(42-21-22-43-38)24-28(36)23-32(33)44-35(40)27-13-8-7-9-14-27;1-2/h7-9,12-14,25,28-33H,6,10-11,15-24H2,1-5H3;1-2H3/b26-12+;/t25-,28+,29?,30?,31?,32-,33?,36?,37?;/m1./s1. The number of carbonyl (C=O) groups is 2. The molecule has 6 unspecified atom stereocenters. The molecule has 0 bridgehead atoms. The Morgan fingerprint density at radius 3 is 2.37 bits per heavy atom. The van der Waals surface area contributed by atoms with Crippen LogP contribution >= 0.6 is 0 Å². The summed E-state index contributed by atoms with van der Waals surface area (Å²) in [5.41, 5.74) is 1.80. The summed E-state index contributed by atoms with van der Waals surface area (Å²) in [6, 6.07) is 9.53. The molecule has 6 heteroatoms. The molecular formula is C40H60O6. The SMILES string of the molecule is CC.CCOC(=O)/C(C)=C/CC[C@@H](C)C1CCC2C3C(CCC21C)C1(C)CCC2(C[C@@H]1C[C@H]3OC(=O)c1ccccc1)OCCO2. The third kappa shape index (κ3) is 6.59. The molecule has 0 aromatic heterocycles. The zero-order valence-corrected chi connectivity index (χ0v) is 29.6. The summed E-state index contributed by atoms with van der Waals surface area (Å²) in [6.45, 7) is 17.0. The van der Waals surface area contributed by atoms with Gasteiger partial charge in [0.25, 0.3) is 0 Å². The number of esters is 2. The predicted molar refractivity (Wildman–Crippen MR) is 181 cm³/mol. The summed E-state index contributed by atoms with van der Waals surface area (Å²) in [6.07, 6.45) is 12.7. The van der Waals surface area contributed by atoms with E-state index in [1.807, 2.05) is 58.0 Å². The second-order valence-corrected chi connectivity index (χ2v) is 15.2. The molecule has 5 fully saturated rings. The van der Waals surface area contributed by atoms with Gasteiger partial charge < -0.3 is 18.9 Å². The zero-order valence-electron chi connectivity index (χ0n) is 29.6. The fourth-order valence-corrected chi connectivity index (χ4v) is 10.9. The van der Waals surface area contributed by atoms with Crippen molar-refractivity contribution in [3.8, 4) is 0 Å². The minimum Gasteiger partial charge on any atom is -0.463 e. The highest BCUT2D eigenvalue weighted by Crippen LogP contribution is 2.69. The van der Waals surface area contributed by atoms with Crippen LogP contribution in [0.4, 0.5) is 0 Å². The minimum atomic E-state index is -0.442. The summed E-state index contributed by atoms with van der Waals surface area (Å²) in [5.74, 6) is 2.25. The maximum Gasteiger partial charge on any atom is 0.338 e. The Balaban J connectivity index is 0.00000204. The maximum absolute atomic E-state index is 13.6. The van der Waals surface area contributed by atoms with Gasteiger partial charge in [0.05, 0.1) is 25.4 Å². The highest BCUT2D eigenvalue weighted by atomic mass is 16.7. The molecule has 4 saturated carbocycles. The Hall–Kier alpha value is -2.18. The molecule has 1 aromatic carbocycles. The van der Waals surface area contributed by atoms with Crippen LogP contribution in [0.2, 0.25) is 0 Å². The van der Waals surface area contributed by atoms with Crippen molar-refractivity contribution in [3.63, 3.8) is 0 Å². The van der Waals surface area contributed by atoms with E-state index >= 15 is 0 Å². The first kappa shape index (κ1) is 35.1. The van der Waals surface area contributed by atoms with Gasteiger partial charge in [0.15, 0.2) is 5.79 Å². The van der Waals surface area contributed by atoms with Crippen molar-refractivity contribution in [1.29, 1.82) is 0 Å². The van der Waals surface area contributed by atoms with Crippen molar-refractivity contribution >= 4 is 11.9 Å². The van der Waals surface area contributed by atoms with Crippen LogP contribution in [0.3, 0.4) is 0 Å². The van der Waals surface area contributed by atoms with Gasteiger partial charge in [-0.15, -0.1) is 0 Å². The smallest absolute Gasteiger partial charge is 0.338 e. The van der Waals surface area contributed by atoms with E-state index in [0.29, 0.717) is 66.5 Å². The first-order chi connectivity index (χ1) is 22.1. The maximum atomic E-state index is 13.6. The largest absolute Gasteiger partial charge is 0.463 e. The molecule has 0 N–H and O–H groups in total. The van der Waals surface area contributed by atoms with Crippen LogP contribution in [0.15, 0.2) is 42.0 Å². The van der Waals surface area contributed by atoms with Crippen molar-refractivity contribution in [1.82, 2.24) is 0 Å². The fourth-order valence-electron chi connectivity index (χ4n) is 10.9. The molecule has 0 amide bonds. The molecule has 5 aliphatic rings. The van der Waals surface area contributed by atoms with Crippen molar-refractivity contribution in [2.75, 3.05) is 19.8 Å². The van der Waals surface area contributed by atoms with Crippen molar-refractivity contribution in [3.05, 3.63) is 47.5 Å². The summed E-state index contributed by atoms with van der Waals surface area (Å²) in [7, 11) is 0. The lowest BCUT2D eigenvalue weighted by Gasteiger charge is -2.63. The minimum absolute atomic E-state index is 0.0869. The van der Waals surface area contributed by atoms with E-state index < -0.39 is 5.79 Å². The number of benzene rings is 1. The van der Waals surface area contributed by atoms with Crippen LogP contribution in [-0.4, -0.2) is 43.7 Å². The van der Waals surface area contributed by atoms with Crippen LogP contribution in [0.5, 0.6) is 0 Å². The number of fused-ring (bicyclic) bond motifs is 5. The lowest BCUT2D eigenvalue weighted by molar-refractivity contribution is -0.242. The van der Waals surface area contributed by atoms with Gasteiger partial charge in [0.1, 0.15) is 6.10 Å². The Morgan fingerprint density at radius 1 is 0.978 bits per heavy atom. The second-order valence-electron chi connectivity index (χ2n) is 15.2. The first-order valence-corrected chi connectivity index (χ1v) is 18.5. The van der Waals surface area contributed by atoms with Crippen molar-refractivity contribution in [2.24, 2.45) is 46.3 Å². The van der Waals surface area contributed by atoms with Gasteiger partial charge in [0, 0.05) is 24.3 Å². The zero-order chi connectivity index (χ0) is 33.1. The van der Waals surface area contributed by atoms with E-state index in [1.54, 1.807) is 0 Å². The van der Waals surface area contributed by atoms with E-state index in [2.05, 4.69) is 26.8 Å². The Morgan fingerprint density at radius 2 is 1.67 bits per heavy atom. The van der Waals surface area contributed by atoms with Gasteiger partial charge in [-0.1, -0.05) is 58.9 Å². The molecule has 1 heterocycles. The molecule has 6 rings (SSSR count). The monoisotopic (exact) mass is 636 g/mol. The summed E-state index contributed by atoms with van der Waals surface area (Å²) in [4.78, 5) is 25.7. The lowest BCUT2D eigenvalue weighted by Crippen LogP contribution is -2.60. The Bertz CT molecular complexity index is 1220. The quantitative estimate of drug-likeness (QED) is 0.209. The van der Waals surface area contributed by atoms with Gasteiger partial charge in [-0.3, -0.25) is 0 Å². The molecule has 6 nitrogen and oxygen atoms in total. The van der Waals surface area contributed by atoms with Crippen molar-refractivity contribution < 1.29 is 28.5 Å². The number of ether oxygens (including phenoxy) is 4. The number of carbonyl (C=O) groups excluding carboxylic acids is 2. The summed E-state index contributed by atoms with van der Waals surface area (Å²) in [5, 5.41) is 0. The number of rotatable bonds is 8. The fraction of sp³-hybridized carbons (Fsp3) is 0.750. The topological polar surface area (TPSA) is 71.1 Å². The lowest BCUT2D eigenvalue weighted by atomic mass is 9.43. The summed E-state index contributed by atoms with van der Waals surface area (Å²) >= 11 is 0. The molecule has 1 aromatic rings. The van der Waals surface area contributed by atoms with Crippen LogP contribution in [0.25, 0.3) is 0 Å². The molecule has 4 aliphatic carbocycles. The van der Waals surface area contributed by atoms with E-state index in [9.17, 15) is 9.59 Å². The molecule has 1 spiro atoms. The third-order valence-corrected chi connectivity index (χ3v) is 13.2. The molecule has 9 atom stereocenters. The van der Waals surface area contributed by atoms with Gasteiger partial charge in [0.2, 0.25) is 0 Å². The first-order valence-electron chi connectivity index (χ1n) is 18.5. The number of hydrogen-bond donors (Lipinski definition) is 0. The number of hydrogen-bond acceptors (Lipinski definition) is 6. The number of allylic oxidation sites excluding steroid dienone is 1. The van der Waals surface area contributed by atoms with Crippen LogP contribution in [0, 0.1) is 46.3 Å². The molecule has 256 valence electrons. The predicted octanol–water partition coefficient (Wildman–Crippen LogP) is 9.18. The van der Waals surface area contributed by atoms with E-state index in [4.69, 9.17) is 18.9 Å². The van der Waals surface area contributed by atoms with Gasteiger partial charge in [-0.25, -0.2) is 9.59 Å². The van der Waals surface area contributed by atoms with Crippen LogP contribution in [-0.2, 0) is 23.7 Å². The van der Waals surface area contributed by atoms with Gasteiger partial charge >= 0.3 is 11.9 Å². The summed E-state index contributed by atoms with van der Waals surface area (Å²) < 4.78 is 24.3. The van der Waals surface area contributed by atoms with Crippen LogP contribution < -0.4 is 0 Å². The van der Waals surface area contributed by atoms with Crippen molar-refractivity contribution in [2.45, 2.75) is 125 Å². The van der Waals surface area contributed by atoms with E-state index in [-0.39, 0.29) is 28.9 Å². The third-order valence-electron chi connectivity index (χ3n) is 13.2. The average molecular weight is 637 g/mol. The average Bonchev–Trinajstić information content (AvgIpc) is 3.67. The normalized spacial score (nSPS) is 36.8. The molecule has 0 radical (unpaired) electrons. The molecule has 1 aliphatic heterocycles. The van der Waals surface area contributed by atoms with E-state index in [0.717, 1.165) is 38.5 Å². The molecule has 1 saturated heterocycles. The van der Waals surface area contributed by atoms with Gasteiger partial charge in [-0.05, 0) is 118 Å². The Labute approximate surface area is 278 Å². The second kappa shape index (κ2) is 14.5. The molecular weight excluding hydrogens is 576 g/mol.